The maximum atomic E-state index is 13.5. The maximum Gasteiger partial charge on any atom is 0.155 e. The van der Waals surface area contributed by atoms with Crippen molar-refractivity contribution in [3.8, 4) is 11.4 Å². The Bertz CT molecular complexity index is 673. The summed E-state index contributed by atoms with van der Waals surface area (Å²) in [5.74, 6) is -0.306. The van der Waals surface area contributed by atoms with Gasteiger partial charge in [-0.2, -0.15) is 0 Å². The first-order chi connectivity index (χ1) is 8.29. The van der Waals surface area contributed by atoms with E-state index < -0.39 is 0 Å². The summed E-state index contributed by atoms with van der Waals surface area (Å²) in [7, 11) is 0. The highest BCUT2D eigenvalue weighted by molar-refractivity contribution is 5.85. The van der Waals surface area contributed by atoms with Crippen molar-refractivity contribution in [2.75, 3.05) is 0 Å². The lowest BCUT2D eigenvalue weighted by Crippen LogP contribution is -1.98. The van der Waals surface area contributed by atoms with Gasteiger partial charge in [-0.25, -0.2) is 9.02 Å². The molecule has 86 valence electrons. The molecule has 0 aliphatic rings. The van der Waals surface area contributed by atoms with E-state index in [1.54, 1.807) is 12.1 Å². The van der Waals surface area contributed by atoms with E-state index in [9.17, 15) is 4.39 Å². The molecular weight excluding hydrogens is 223 g/mol. The number of rotatable bonds is 2. The number of halogens is 1. The normalized spacial score (nSPS) is 11.2. The van der Waals surface area contributed by atoms with E-state index in [1.165, 1.54) is 6.07 Å². The molecule has 2 heterocycles. The predicted octanol–water partition coefficient (Wildman–Crippen LogP) is 1.82. The Labute approximate surface area is 95.4 Å². The minimum atomic E-state index is -0.306. The summed E-state index contributed by atoms with van der Waals surface area (Å²) >= 11 is 0. The fraction of sp³-hybridized carbons (Fsp3) is 0.0909. The second kappa shape index (κ2) is 3.67. The molecule has 0 unspecified atom stereocenters. The molecule has 0 aliphatic carbocycles. The Morgan fingerprint density at radius 2 is 2.24 bits per heavy atom. The van der Waals surface area contributed by atoms with Crippen LogP contribution < -0.4 is 5.73 Å². The lowest BCUT2D eigenvalue weighted by Gasteiger charge is -1.92. The van der Waals surface area contributed by atoms with Gasteiger partial charge >= 0.3 is 0 Å². The average Bonchev–Trinajstić information content (AvgIpc) is 2.94. The predicted molar refractivity (Wildman–Crippen MR) is 59.4 cm³/mol. The average molecular weight is 232 g/mol. The number of hydrogen-bond donors (Lipinski definition) is 2. The summed E-state index contributed by atoms with van der Waals surface area (Å²) in [6, 6.07) is 6.65. The topological polar surface area (TPSA) is 80.7 Å². The zero-order valence-electron chi connectivity index (χ0n) is 8.77. The number of hydrogen-bond acceptors (Lipinski definition) is 4. The Kier molecular flexibility index (Phi) is 2.15. The largest absolute Gasteiger partial charge is 0.351 e. The summed E-state index contributed by atoms with van der Waals surface area (Å²) in [6.45, 7) is 0.219. The van der Waals surface area contributed by atoms with Crippen LogP contribution in [0.5, 0.6) is 0 Å². The number of aromatic nitrogens is 3. The molecule has 0 bridgehead atoms. The second-order valence-electron chi connectivity index (χ2n) is 3.65. The maximum absolute atomic E-state index is 13.5. The molecule has 0 fully saturated rings. The molecule has 0 radical (unpaired) electrons. The van der Waals surface area contributed by atoms with Crippen LogP contribution in [0.2, 0.25) is 0 Å². The smallest absolute Gasteiger partial charge is 0.155 e. The molecule has 0 atom stereocenters. The van der Waals surface area contributed by atoms with Crippen molar-refractivity contribution in [2.24, 2.45) is 5.73 Å². The van der Waals surface area contributed by atoms with Crippen LogP contribution in [0.25, 0.3) is 22.3 Å². The molecule has 0 amide bonds. The van der Waals surface area contributed by atoms with Crippen molar-refractivity contribution in [1.29, 1.82) is 0 Å². The van der Waals surface area contributed by atoms with Crippen LogP contribution in [0.15, 0.2) is 28.9 Å². The summed E-state index contributed by atoms with van der Waals surface area (Å²) in [5, 5.41) is 8.21. The quantitative estimate of drug-likeness (QED) is 0.706. The molecule has 0 saturated carbocycles. The number of aromatic amines is 1. The van der Waals surface area contributed by atoms with Crippen molar-refractivity contribution in [3.63, 3.8) is 0 Å². The van der Waals surface area contributed by atoms with Crippen LogP contribution in [-0.2, 0) is 6.54 Å². The van der Waals surface area contributed by atoms with Crippen LogP contribution in [-0.4, -0.2) is 15.3 Å². The van der Waals surface area contributed by atoms with Gasteiger partial charge in [0.05, 0.1) is 11.2 Å². The van der Waals surface area contributed by atoms with Crippen LogP contribution >= 0.6 is 0 Å². The SMILES string of the molecule is NCc1nonc1-c1cc2cccc(F)c2[nH]1. The van der Waals surface area contributed by atoms with Gasteiger partial charge in [0.15, 0.2) is 5.69 Å². The van der Waals surface area contributed by atoms with Crippen molar-refractivity contribution in [1.82, 2.24) is 15.3 Å². The van der Waals surface area contributed by atoms with E-state index in [1.807, 2.05) is 6.07 Å². The van der Waals surface area contributed by atoms with Crippen molar-refractivity contribution in [3.05, 3.63) is 35.8 Å². The minimum absolute atomic E-state index is 0.219. The summed E-state index contributed by atoms with van der Waals surface area (Å²) < 4.78 is 18.1. The van der Waals surface area contributed by atoms with Gasteiger partial charge < -0.3 is 10.7 Å². The molecule has 3 N–H and O–H groups in total. The van der Waals surface area contributed by atoms with Gasteiger partial charge in [0.25, 0.3) is 0 Å². The summed E-state index contributed by atoms with van der Waals surface area (Å²) in [6.07, 6.45) is 0. The molecule has 3 aromatic rings. The van der Waals surface area contributed by atoms with Crippen LogP contribution in [0.4, 0.5) is 4.39 Å². The van der Waals surface area contributed by atoms with Crippen molar-refractivity contribution >= 4 is 10.9 Å². The standard InChI is InChI=1S/C11H9FN4O/c12-7-3-1-2-6-4-8(14-10(6)7)11-9(5-13)15-17-16-11/h1-4,14H,5,13H2. The van der Waals surface area contributed by atoms with E-state index in [-0.39, 0.29) is 12.4 Å². The Morgan fingerprint density at radius 3 is 3.00 bits per heavy atom. The Balaban J connectivity index is 2.22. The van der Waals surface area contributed by atoms with Crippen molar-refractivity contribution in [2.45, 2.75) is 6.54 Å². The molecule has 0 aliphatic heterocycles. The Hall–Kier alpha value is -2.21. The first-order valence-corrected chi connectivity index (χ1v) is 5.08. The van der Waals surface area contributed by atoms with Gasteiger partial charge in [0.2, 0.25) is 0 Å². The lowest BCUT2D eigenvalue weighted by molar-refractivity contribution is 0.304. The molecule has 1 aromatic carbocycles. The highest BCUT2D eigenvalue weighted by atomic mass is 19.1. The molecule has 0 spiro atoms. The number of nitrogens with one attached hydrogen (secondary N) is 1. The third kappa shape index (κ3) is 1.50. The monoisotopic (exact) mass is 232 g/mol. The molecule has 5 nitrogen and oxygen atoms in total. The number of benzene rings is 1. The molecule has 0 saturated heterocycles. The first-order valence-electron chi connectivity index (χ1n) is 5.08. The summed E-state index contributed by atoms with van der Waals surface area (Å²) in [4.78, 5) is 2.95. The number of nitrogens with two attached hydrogens (primary N) is 1. The van der Waals surface area contributed by atoms with E-state index in [4.69, 9.17) is 5.73 Å². The number of H-pyrrole nitrogens is 1. The van der Waals surface area contributed by atoms with Gasteiger partial charge in [-0.15, -0.1) is 0 Å². The molecule has 17 heavy (non-hydrogen) atoms. The highest BCUT2D eigenvalue weighted by Gasteiger charge is 2.14. The summed E-state index contributed by atoms with van der Waals surface area (Å²) in [5.41, 5.74) is 7.65. The molecule has 3 rings (SSSR count). The van der Waals surface area contributed by atoms with Crippen molar-refractivity contribution < 1.29 is 9.02 Å². The molecular formula is C11H9FN4O. The third-order valence-corrected chi connectivity index (χ3v) is 2.61. The Morgan fingerprint density at radius 1 is 1.35 bits per heavy atom. The number of fused-ring (bicyclic) bond motifs is 1. The molecule has 2 aromatic heterocycles. The number of para-hydroxylation sites is 1. The third-order valence-electron chi connectivity index (χ3n) is 2.61. The minimum Gasteiger partial charge on any atom is -0.351 e. The van der Waals surface area contributed by atoms with Crippen LogP contribution in [0.3, 0.4) is 0 Å². The lowest BCUT2D eigenvalue weighted by atomic mass is 10.2. The van der Waals surface area contributed by atoms with E-state index >= 15 is 0 Å². The van der Waals surface area contributed by atoms with Gasteiger partial charge in [-0.1, -0.05) is 17.3 Å². The second-order valence-corrected chi connectivity index (χ2v) is 3.65. The van der Waals surface area contributed by atoms with Gasteiger partial charge in [-0.05, 0) is 17.3 Å². The first kappa shape index (κ1) is 9.98. The molecule has 6 heteroatoms. The van der Waals surface area contributed by atoms with Gasteiger partial charge in [0, 0.05) is 11.9 Å². The van der Waals surface area contributed by atoms with Gasteiger partial charge in [-0.3, -0.25) is 0 Å². The van der Waals surface area contributed by atoms with Crippen LogP contribution in [0, 0.1) is 5.82 Å². The highest BCUT2D eigenvalue weighted by Crippen LogP contribution is 2.25. The van der Waals surface area contributed by atoms with Crippen LogP contribution in [0.1, 0.15) is 5.69 Å². The number of nitrogens with zero attached hydrogens (tertiary/aromatic N) is 2. The van der Waals surface area contributed by atoms with E-state index in [2.05, 4.69) is 19.9 Å². The van der Waals surface area contributed by atoms with E-state index in [0.29, 0.717) is 22.6 Å². The zero-order valence-corrected chi connectivity index (χ0v) is 8.77. The van der Waals surface area contributed by atoms with Gasteiger partial charge in [0.1, 0.15) is 11.5 Å². The van der Waals surface area contributed by atoms with E-state index in [0.717, 1.165) is 5.39 Å². The zero-order chi connectivity index (χ0) is 11.8. The fourth-order valence-electron chi connectivity index (χ4n) is 1.79. The fourth-order valence-corrected chi connectivity index (χ4v) is 1.79.